The van der Waals surface area contributed by atoms with Gasteiger partial charge in [-0.25, -0.2) is 4.39 Å². The number of benzene rings is 1. The minimum Gasteiger partial charge on any atom is -0.207 e. The lowest BCUT2D eigenvalue weighted by atomic mass is 10.4. The fourth-order valence-electron chi connectivity index (χ4n) is 0.695. The molecule has 0 N–H and O–H groups in total. The summed E-state index contributed by atoms with van der Waals surface area (Å²) in [5, 5.41) is 0.377. The average Bonchev–Trinajstić information content (AvgIpc) is 2.03. The summed E-state index contributed by atoms with van der Waals surface area (Å²) >= 11 is 0. The van der Waals surface area contributed by atoms with Crippen LogP contribution in [0, 0.1) is 5.82 Å². The number of hydrogen-bond donors (Lipinski definition) is 0. The van der Waals surface area contributed by atoms with Gasteiger partial charge in [0.05, 0.1) is 7.11 Å². The van der Waals surface area contributed by atoms with E-state index in [0.717, 1.165) is 0 Å². The minimum atomic E-state index is -1.88. The molecule has 0 saturated carbocycles. The Morgan fingerprint density at radius 1 is 1.55 bits per heavy atom. The van der Waals surface area contributed by atoms with Crippen LogP contribution in [0.3, 0.4) is 0 Å². The van der Waals surface area contributed by atoms with Gasteiger partial charge in [0.1, 0.15) is 5.82 Å². The molecule has 58 valence electrons. The van der Waals surface area contributed by atoms with Crippen molar-refractivity contribution in [2.45, 2.75) is 0 Å². The Hall–Kier alpha value is -0.790. The van der Waals surface area contributed by atoms with E-state index in [0.29, 0.717) is 5.30 Å². The van der Waals surface area contributed by atoms with E-state index in [4.69, 9.17) is 0 Å². The van der Waals surface area contributed by atoms with Crippen molar-refractivity contribution in [3.63, 3.8) is 0 Å². The predicted octanol–water partition coefficient (Wildman–Crippen LogP) is 1.84. The fourth-order valence-corrected chi connectivity index (χ4v) is 1.34. The van der Waals surface area contributed by atoms with Crippen molar-refractivity contribution in [3.05, 3.63) is 30.1 Å². The molecular formula is C7H7FO2P+. The third kappa shape index (κ3) is 2.07. The Kier molecular flexibility index (Phi) is 2.69. The Balaban J connectivity index is 2.96. The van der Waals surface area contributed by atoms with Crippen molar-refractivity contribution >= 4 is 13.3 Å². The first-order chi connectivity index (χ1) is 5.24. The first-order valence-electron chi connectivity index (χ1n) is 3.01. The molecule has 1 aromatic rings. The summed E-state index contributed by atoms with van der Waals surface area (Å²) in [6.45, 7) is 0. The number of halogens is 1. The summed E-state index contributed by atoms with van der Waals surface area (Å²) in [7, 11) is -0.557. The van der Waals surface area contributed by atoms with Crippen LogP contribution in [0.1, 0.15) is 0 Å². The molecule has 0 aromatic heterocycles. The first-order valence-corrected chi connectivity index (χ1v) is 4.18. The highest BCUT2D eigenvalue weighted by atomic mass is 31.1. The predicted molar refractivity (Wildman–Crippen MR) is 40.6 cm³/mol. The molecule has 0 amide bonds. The highest BCUT2D eigenvalue weighted by Crippen LogP contribution is 2.19. The molecule has 0 saturated heterocycles. The maximum atomic E-state index is 12.5. The molecule has 4 heteroatoms. The lowest BCUT2D eigenvalue weighted by Gasteiger charge is -1.84. The number of hydrogen-bond acceptors (Lipinski definition) is 2. The second kappa shape index (κ2) is 3.56. The quantitative estimate of drug-likeness (QED) is 0.638. The zero-order valence-electron chi connectivity index (χ0n) is 5.95. The van der Waals surface area contributed by atoms with Crippen LogP contribution in [-0.4, -0.2) is 7.11 Å². The maximum Gasteiger partial charge on any atom is 0.548 e. The number of rotatable bonds is 2. The first kappa shape index (κ1) is 8.31. The molecule has 0 radical (unpaired) electrons. The third-order valence-electron chi connectivity index (χ3n) is 1.18. The van der Waals surface area contributed by atoms with E-state index < -0.39 is 13.8 Å². The Labute approximate surface area is 64.9 Å². The second-order valence-electron chi connectivity index (χ2n) is 1.92. The molecule has 0 aliphatic carbocycles. The minimum absolute atomic E-state index is 0.377. The van der Waals surface area contributed by atoms with Crippen LogP contribution in [0.25, 0.3) is 0 Å². The molecule has 0 aliphatic rings. The molecule has 0 bridgehead atoms. The van der Waals surface area contributed by atoms with Crippen LogP contribution < -0.4 is 5.30 Å². The second-order valence-corrected chi connectivity index (χ2v) is 3.32. The van der Waals surface area contributed by atoms with Crippen LogP contribution in [0.2, 0.25) is 0 Å². The highest BCUT2D eigenvalue weighted by Gasteiger charge is 2.19. The third-order valence-corrected chi connectivity index (χ3v) is 2.22. The van der Waals surface area contributed by atoms with E-state index >= 15 is 0 Å². The largest absolute Gasteiger partial charge is 0.548 e. The van der Waals surface area contributed by atoms with Gasteiger partial charge in [0.15, 0.2) is 0 Å². The van der Waals surface area contributed by atoms with E-state index in [1.807, 2.05) is 0 Å². The van der Waals surface area contributed by atoms with Crippen LogP contribution in [-0.2, 0) is 9.09 Å². The Morgan fingerprint density at radius 2 is 2.27 bits per heavy atom. The summed E-state index contributed by atoms with van der Waals surface area (Å²) in [6.07, 6.45) is 0. The van der Waals surface area contributed by atoms with Crippen molar-refractivity contribution < 1.29 is 13.5 Å². The normalized spacial score (nSPS) is 11.3. The summed E-state index contributed by atoms with van der Waals surface area (Å²) in [4.78, 5) is 0. The molecule has 0 aliphatic heterocycles. The molecule has 11 heavy (non-hydrogen) atoms. The molecule has 2 nitrogen and oxygen atoms in total. The summed E-state index contributed by atoms with van der Waals surface area (Å²) in [5.74, 6) is -0.400. The smallest absolute Gasteiger partial charge is 0.207 e. The summed E-state index contributed by atoms with van der Waals surface area (Å²) in [5.41, 5.74) is 0. The van der Waals surface area contributed by atoms with Gasteiger partial charge in [-0.3, -0.25) is 0 Å². The fraction of sp³-hybridized carbons (Fsp3) is 0.143. The molecule has 0 fully saturated rings. The average molecular weight is 173 g/mol. The van der Waals surface area contributed by atoms with Gasteiger partial charge in [0, 0.05) is 6.07 Å². The van der Waals surface area contributed by atoms with Crippen LogP contribution in [0.15, 0.2) is 24.3 Å². The van der Waals surface area contributed by atoms with Gasteiger partial charge >= 0.3 is 8.03 Å². The van der Waals surface area contributed by atoms with Crippen molar-refractivity contribution in [1.82, 2.24) is 0 Å². The van der Waals surface area contributed by atoms with Crippen LogP contribution in [0.5, 0.6) is 0 Å². The SMILES string of the molecule is CO[P+](=O)c1cccc(F)c1. The lowest BCUT2D eigenvalue weighted by molar-refractivity contribution is 0.423. The van der Waals surface area contributed by atoms with Crippen molar-refractivity contribution in [2.24, 2.45) is 0 Å². The zero-order valence-corrected chi connectivity index (χ0v) is 6.85. The van der Waals surface area contributed by atoms with Gasteiger partial charge < -0.3 is 0 Å². The van der Waals surface area contributed by atoms with Gasteiger partial charge in [0.25, 0.3) is 0 Å². The van der Waals surface area contributed by atoms with Crippen molar-refractivity contribution in [1.29, 1.82) is 0 Å². The van der Waals surface area contributed by atoms with E-state index in [1.54, 1.807) is 6.07 Å². The molecule has 1 aromatic carbocycles. The van der Waals surface area contributed by atoms with Crippen LogP contribution in [0.4, 0.5) is 4.39 Å². The van der Waals surface area contributed by atoms with Crippen molar-refractivity contribution in [3.8, 4) is 0 Å². The van der Waals surface area contributed by atoms with E-state index in [1.165, 1.54) is 25.3 Å². The Bertz CT molecular complexity index is 275. The van der Waals surface area contributed by atoms with Gasteiger partial charge in [-0.05, 0) is 16.7 Å². The van der Waals surface area contributed by atoms with Crippen molar-refractivity contribution in [2.75, 3.05) is 7.11 Å². The monoisotopic (exact) mass is 173 g/mol. The van der Waals surface area contributed by atoms with Gasteiger partial charge in [-0.2, -0.15) is 0 Å². The van der Waals surface area contributed by atoms with Gasteiger partial charge in [-0.1, -0.05) is 6.07 Å². The lowest BCUT2D eigenvalue weighted by Crippen LogP contribution is -1.96. The molecule has 1 rings (SSSR count). The molecule has 0 heterocycles. The Morgan fingerprint density at radius 3 is 2.82 bits per heavy atom. The zero-order chi connectivity index (χ0) is 8.27. The summed E-state index contributed by atoms with van der Waals surface area (Å²) < 4.78 is 27.9. The highest BCUT2D eigenvalue weighted by molar-refractivity contribution is 7.48. The molecule has 1 atom stereocenters. The maximum absolute atomic E-state index is 12.5. The molecular weight excluding hydrogens is 166 g/mol. The summed E-state index contributed by atoms with van der Waals surface area (Å²) in [6, 6.07) is 5.55. The molecule has 0 spiro atoms. The molecule has 1 unspecified atom stereocenters. The topological polar surface area (TPSA) is 26.3 Å². The van der Waals surface area contributed by atoms with E-state index in [2.05, 4.69) is 4.52 Å². The van der Waals surface area contributed by atoms with E-state index in [-0.39, 0.29) is 0 Å². The van der Waals surface area contributed by atoms with Crippen LogP contribution >= 0.6 is 8.03 Å². The van der Waals surface area contributed by atoms with Gasteiger partial charge in [-0.15, -0.1) is 4.52 Å². The standard InChI is InChI=1S/C7H7FO2P/c1-10-11(9)7-4-2-3-6(8)5-7/h2-5H,1H3/q+1. The van der Waals surface area contributed by atoms with E-state index in [9.17, 15) is 8.96 Å². The van der Waals surface area contributed by atoms with Gasteiger partial charge in [0.2, 0.25) is 5.30 Å².